The molecule has 1 aliphatic heterocycles. The number of rotatable bonds is 7. The van der Waals surface area contributed by atoms with Crippen molar-refractivity contribution >= 4 is 0 Å². The first-order valence-electron chi connectivity index (χ1n) is 6.08. The van der Waals surface area contributed by atoms with Gasteiger partial charge >= 0.3 is 0 Å². The van der Waals surface area contributed by atoms with Crippen LogP contribution in [0.1, 0.15) is 33.1 Å². The summed E-state index contributed by atoms with van der Waals surface area (Å²) in [6, 6.07) is 0.0825. The highest BCUT2D eigenvalue weighted by Crippen LogP contribution is 2.16. The molecule has 96 valence electrons. The van der Waals surface area contributed by atoms with Crippen LogP contribution in [0.2, 0.25) is 0 Å². The monoisotopic (exact) mass is 231 g/mol. The van der Waals surface area contributed by atoms with E-state index in [4.69, 9.17) is 9.47 Å². The van der Waals surface area contributed by atoms with Crippen molar-refractivity contribution in [1.29, 1.82) is 0 Å². The van der Waals surface area contributed by atoms with Crippen molar-refractivity contribution in [1.82, 2.24) is 5.32 Å². The third kappa shape index (κ3) is 4.78. The van der Waals surface area contributed by atoms with E-state index in [1.165, 1.54) is 0 Å². The summed E-state index contributed by atoms with van der Waals surface area (Å²) < 4.78 is 10.9. The van der Waals surface area contributed by atoms with Gasteiger partial charge < -0.3 is 19.9 Å². The van der Waals surface area contributed by atoms with Gasteiger partial charge in [-0.3, -0.25) is 0 Å². The predicted octanol–water partition coefficient (Wildman–Crippen LogP) is 0.931. The van der Waals surface area contributed by atoms with E-state index in [1.807, 2.05) is 13.8 Å². The van der Waals surface area contributed by atoms with Crippen LogP contribution in [0.5, 0.6) is 0 Å². The van der Waals surface area contributed by atoms with Crippen LogP contribution < -0.4 is 5.32 Å². The van der Waals surface area contributed by atoms with Gasteiger partial charge in [0.2, 0.25) is 0 Å². The lowest BCUT2D eigenvalue weighted by Crippen LogP contribution is -2.42. The van der Waals surface area contributed by atoms with E-state index in [9.17, 15) is 5.11 Å². The fourth-order valence-corrected chi connectivity index (χ4v) is 1.98. The highest BCUT2D eigenvalue weighted by atomic mass is 16.5. The Hall–Kier alpha value is -0.160. The van der Waals surface area contributed by atoms with E-state index in [0.717, 1.165) is 32.4 Å². The Morgan fingerprint density at radius 2 is 2.31 bits per heavy atom. The van der Waals surface area contributed by atoms with Crippen molar-refractivity contribution in [3.05, 3.63) is 0 Å². The Morgan fingerprint density at radius 3 is 2.81 bits per heavy atom. The molecule has 2 unspecified atom stereocenters. The molecule has 4 nitrogen and oxygen atoms in total. The Kier molecular flexibility index (Phi) is 5.69. The van der Waals surface area contributed by atoms with Crippen molar-refractivity contribution in [3.8, 4) is 0 Å². The molecule has 1 heterocycles. The highest BCUT2D eigenvalue weighted by Gasteiger charge is 2.23. The zero-order valence-corrected chi connectivity index (χ0v) is 10.7. The molecule has 0 aromatic carbocycles. The van der Waals surface area contributed by atoms with Crippen LogP contribution >= 0.6 is 0 Å². The molecule has 4 heteroatoms. The summed E-state index contributed by atoms with van der Waals surface area (Å²) in [6.45, 7) is 5.90. The lowest BCUT2D eigenvalue weighted by atomic mass is 9.99. The van der Waals surface area contributed by atoms with Gasteiger partial charge in [0.05, 0.1) is 18.3 Å². The van der Waals surface area contributed by atoms with Gasteiger partial charge in [-0.2, -0.15) is 0 Å². The zero-order valence-electron chi connectivity index (χ0n) is 10.7. The minimum atomic E-state index is -0.197. The maximum absolute atomic E-state index is 9.30. The third-order valence-corrected chi connectivity index (χ3v) is 3.17. The van der Waals surface area contributed by atoms with Gasteiger partial charge in [-0.05, 0) is 33.1 Å². The number of ether oxygens (including phenoxy) is 2. The first-order chi connectivity index (χ1) is 7.57. The van der Waals surface area contributed by atoms with E-state index in [2.05, 4.69) is 5.32 Å². The molecule has 16 heavy (non-hydrogen) atoms. The maximum atomic E-state index is 9.30. The Morgan fingerprint density at radius 1 is 1.56 bits per heavy atom. The topological polar surface area (TPSA) is 50.7 Å². The van der Waals surface area contributed by atoms with Crippen LogP contribution in [0.25, 0.3) is 0 Å². The zero-order chi connectivity index (χ0) is 12.0. The van der Waals surface area contributed by atoms with Gasteiger partial charge in [0, 0.05) is 26.3 Å². The van der Waals surface area contributed by atoms with Crippen molar-refractivity contribution < 1.29 is 14.6 Å². The van der Waals surface area contributed by atoms with Crippen molar-refractivity contribution in [2.45, 2.75) is 50.9 Å². The van der Waals surface area contributed by atoms with E-state index in [1.54, 1.807) is 7.11 Å². The minimum absolute atomic E-state index is 0.0825. The van der Waals surface area contributed by atoms with E-state index in [-0.39, 0.29) is 18.2 Å². The number of aliphatic hydroxyl groups is 1. The van der Waals surface area contributed by atoms with Crippen LogP contribution in [0, 0.1) is 0 Å². The molecule has 0 aliphatic carbocycles. The van der Waals surface area contributed by atoms with Gasteiger partial charge in [0.1, 0.15) is 0 Å². The third-order valence-electron chi connectivity index (χ3n) is 3.17. The van der Waals surface area contributed by atoms with Gasteiger partial charge in [-0.15, -0.1) is 0 Å². The van der Waals surface area contributed by atoms with Gasteiger partial charge in [0.25, 0.3) is 0 Å². The van der Waals surface area contributed by atoms with Gasteiger partial charge in [-0.1, -0.05) is 0 Å². The Labute approximate surface area is 98.3 Å². The molecule has 0 aromatic rings. The highest BCUT2D eigenvalue weighted by molar-refractivity contribution is 4.79. The molecular formula is C12H25NO3. The normalized spacial score (nSPS) is 23.6. The fourth-order valence-electron chi connectivity index (χ4n) is 1.98. The molecule has 0 radical (unpaired) electrons. The molecule has 1 saturated heterocycles. The SMILES string of the molecule is COC(C)(C)CC(CO)NCC1CCCO1. The van der Waals surface area contributed by atoms with Gasteiger partial charge in [-0.25, -0.2) is 0 Å². The molecule has 0 spiro atoms. The van der Waals surface area contributed by atoms with Crippen LogP contribution in [0.4, 0.5) is 0 Å². The van der Waals surface area contributed by atoms with Crippen LogP contribution in [-0.4, -0.2) is 49.7 Å². The molecule has 0 amide bonds. The molecule has 1 aliphatic rings. The largest absolute Gasteiger partial charge is 0.395 e. The number of hydrogen-bond donors (Lipinski definition) is 2. The van der Waals surface area contributed by atoms with Crippen LogP contribution in [-0.2, 0) is 9.47 Å². The Balaban J connectivity index is 2.25. The van der Waals surface area contributed by atoms with Crippen molar-refractivity contribution in [2.24, 2.45) is 0 Å². The molecular weight excluding hydrogens is 206 g/mol. The Bertz CT molecular complexity index is 191. The number of nitrogens with one attached hydrogen (secondary N) is 1. The van der Waals surface area contributed by atoms with Crippen molar-refractivity contribution in [3.63, 3.8) is 0 Å². The van der Waals surface area contributed by atoms with E-state index < -0.39 is 0 Å². The standard InChI is InChI=1S/C12H25NO3/c1-12(2,15-3)7-10(9-14)13-8-11-5-4-6-16-11/h10-11,13-14H,4-9H2,1-3H3. The average molecular weight is 231 g/mol. The van der Waals surface area contributed by atoms with E-state index in [0.29, 0.717) is 6.10 Å². The maximum Gasteiger partial charge on any atom is 0.0700 e. The number of hydrogen-bond acceptors (Lipinski definition) is 4. The fraction of sp³-hybridized carbons (Fsp3) is 1.00. The molecule has 1 rings (SSSR count). The number of aliphatic hydroxyl groups excluding tert-OH is 1. The minimum Gasteiger partial charge on any atom is -0.395 e. The van der Waals surface area contributed by atoms with Crippen LogP contribution in [0.15, 0.2) is 0 Å². The molecule has 0 aromatic heterocycles. The first-order valence-corrected chi connectivity index (χ1v) is 6.08. The van der Waals surface area contributed by atoms with Gasteiger partial charge in [0.15, 0.2) is 0 Å². The lowest BCUT2D eigenvalue weighted by Gasteiger charge is -2.28. The summed E-state index contributed by atoms with van der Waals surface area (Å²) in [5, 5.41) is 12.6. The summed E-state index contributed by atoms with van der Waals surface area (Å²) in [6.07, 6.45) is 3.39. The molecule has 2 atom stereocenters. The molecule has 0 bridgehead atoms. The summed E-state index contributed by atoms with van der Waals surface area (Å²) in [7, 11) is 1.70. The van der Waals surface area contributed by atoms with Crippen molar-refractivity contribution in [2.75, 3.05) is 26.9 Å². The summed E-state index contributed by atoms with van der Waals surface area (Å²) in [5.41, 5.74) is -0.197. The quantitative estimate of drug-likeness (QED) is 0.684. The molecule has 2 N–H and O–H groups in total. The summed E-state index contributed by atoms with van der Waals surface area (Å²) >= 11 is 0. The summed E-state index contributed by atoms with van der Waals surface area (Å²) in [4.78, 5) is 0. The van der Waals surface area contributed by atoms with Crippen LogP contribution in [0.3, 0.4) is 0 Å². The number of methoxy groups -OCH3 is 1. The lowest BCUT2D eigenvalue weighted by molar-refractivity contribution is -0.000168. The average Bonchev–Trinajstić information content (AvgIpc) is 2.77. The second-order valence-corrected chi connectivity index (χ2v) is 5.09. The first kappa shape index (κ1) is 13.9. The second-order valence-electron chi connectivity index (χ2n) is 5.09. The second kappa shape index (κ2) is 6.55. The summed E-state index contributed by atoms with van der Waals surface area (Å²) in [5.74, 6) is 0. The molecule has 0 saturated carbocycles. The predicted molar refractivity (Wildman–Crippen MR) is 63.6 cm³/mol. The molecule has 1 fully saturated rings. The van der Waals surface area contributed by atoms with E-state index >= 15 is 0 Å². The smallest absolute Gasteiger partial charge is 0.0700 e.